The van der Waals surface area contributed by atoms with Crippen molar-refractivity contribution in [2.45, 2.75) is 6.42 Å². The minimum absolute atomic E-state index is 0.687. The fourth-order valence-electron chi connectivity index (χ4n) is 1.68. The average molecular weight is 205 g/mol. The Morgan fingerprint density at radius 3 is 3.00 bits per heavy atom. The Hall–Kier alpha value is -1.55. The predicted molar refractivity (Wildman–Crippen MR) is 60.7 cm³/mol. The lowest BCUT2D eigenvalue weighted by atomic mass is 10.3. The first-order valence-electron chi connectivity index (χ1n) is 4.92. The van der Waals surface area contributed by atoms with Crippen LogP contribution >= 0.6 is 0 Å². The van der Waals surface area contributed by atoms with E-state index < -0.39 is 0 Å². The van der Waals surface area contributed by atoms with Crippen LogP contribution in [0.1, 0.15) is 5.82 Å². The van der Waals surface area contributed by atoms with E-state index in [1.165, 1.54) is 0 Å². The number of nitrogens with two attached hydrogens (primary N) is 1. The Kier molecular flexibility index (Phi) is 2.60. The highest BCUT2D eigenvalue weighted by Gasteiger charge is 2.06. The number of aryl methyl sites for hydroxylation is 1. The average Bonchev–Trinajstić information content (AvgIpc) is 2.52. The molecule has 0 fully saturated rings. The van der Waals surface area contributed by atoms with Gasteiger partial charge in [0, 0.05) is 26.3 Å². The summed E-state index contributed by atoms with van der Waals surface area (Å²) < 4.78 is 7.12. The van der Waals surface area contributed by atoms with Gasteiger partial charge in [-0.15, -0.1) is 0 Å². The summed E-state index contributed by atoms with van der Waals surface area (Å²) in [6, 6.07) is 5.78. The maximum atomic E-state index is 5.71. The topological polar surface area (TPSA) is 53.1 Å². The smallest absolute Gasteiger partial charge is 0.111 e. The second-order valence-corrected chi connectivity index (χ2v) is 3.58. The van der Waals surface area contributed by atoms with Crippen LogP contribution in [-0.4, -0.2) is 23.3 Å². The molecule has 2 rings (SSSR count). The lowest BCUT2D eigenvalue weighted by molar-refractivity contribution is 0.200. The SMILES string of the molecule is COCCc1nc2cc(N)ccc2n1C. The maximum absolute atomic E-state index is 5.71. The second-order valence-electron chi connectivity index (χ2n) is 3.58. The maximum Gasteiger partial charge on any atom is 0.111 e. The van der Waals surface area contributed by atoms with Gasteiger partial charge in [0.1, 0.15) is 5.82 Å². The van der Waals surface area contributed by atoms with E-state index in [0.29, 0.717) is 6.61 Å². The van der Waals surface area contributed by atoms with Crippen molar-refractivity contribution < 1.29 is 4.74 Å². The second kappa shape index (κ2) is 3.90. The molecule has 0 saturated heterocycles. The summed E-state index contributed by atoms with van der Waals surface area (Å²) in [5.41, 5.74) is 8.51. The summed E-state index contributed by atoms with van der Waals surface area (Å²) in [5.74, 6) is 1.03. The Morgan fingerprint density at radius 1 is 1.47 bits per heavy atom. The molecule has 0 saturated carbocycles. The number of nitrogen functional groups attached to an aromatic ring is 1. The third-order valence-electron chi connectivity index (χ3n) is 2.53. The minimum atomic E-state index is 0.687. The summed E-state index contributed by atoms with van der Waals surface area (Å²) in [5, 5.41) is 0. The van der Waals surface area contributed by atoms with Crippen molar-refractivity contribution in [1.29, 1.82) is 0 Å². The number of aromatic nitrogens is 2. The van der Waals surface area contributed by atoms with Gasteiger partial charge in [-0.2, -0.15) is 0 Å². The molecule has 2 aromatic rings. The number of imidazole rings is 1. The molecule has 0 unspecified atom stereocenters. The molecule has 0 aliphatic rings. The van der Waals surface area contributed by atoms with Gasteiger partial charge in [0.15, 0.2) is 0 Å². The Morgan fingerprint density at radius 2 is 2.27 bits per heavy atom. The molecule has 15 heavy (non-hydrogen) atoms. The van der Waals surface area contributed by atoms with Gasteiger partial charge in [0.2, 0.25) is 0 Å². The zero-order chi connectivity index (χ0) is 10.8. The zero-order valence-electron chi connectivity index (χ0n) is 9.03. The number of hydrogen-bond acceptors (Lipinski definition) is 3. The van der Waals surface area contributed by atoms with Crippen molar-refractivity contribution in [3.63, 3.8) is 0 Å². The van der Waals surface area contributed by atoms with E-state index in [1.807, 2.05) is 25.2 Å². The van der Waals surface area contributed by atoms with Gasteiger partial charge in [0.05, 0.1) is 17.6 Å². The third-order valence-corrected chi connectivity index (χ3v) is 2.53. The number of benzene rings is 1. The lowest BCUT2D eigenvalue weighted by Gasteiger charge is -2.00. The predicted octanol–water partition coefficient (Wildman–Crippen LogP) is 1.34. The van der Waals surface area contributed by atoms with Crippen LogP contribution in [0.15, 0.2) is 18.2 Å². The van der Waals surface area contributed by atoms with E-state index in [-0.39, 0.29) is 0 Å². The molecular weight excluding hydrogens is 190 g/mol. The lowest BCUT2D eigenvalue weighted by Crippen LogP contribution is -2.02. The first-order valence-corrected chi connectivity index (χ1v) is 4.92. The van der Waals surface area contributed by atoms with E-state index >= 15 is 0 Å². The first-order chi connectivity index (χ1) is 7.22. The van der Waals surface area contributed by atoms with Gasteiger partial charge < -0.3 is 15.0 Å². The number of rotatable bonds is 3. The molecule has 0 radical (unpaired) electrons. The molecule has 0 aliphatic heterocycles. The molecule has 0 spiro atoms. The molecule has 0 amide bonds. The van der Waals surface area contributed by atoms with Crippen LogP contribution in [0.2, 0.25) is 0 Å². The van der Waals surface area contributed by atoms with Crippen molar-refractivity contribution in [3.8, 4) is 0 Å². The van der Waals surface area contributed by atoms with Crippen molar-refractivity contribution in [3.05, 3.63) is 24.0 Å². The van der Waals surface area contributed by atoms with Gasteiger partial charge in [0.25, 0.3) is 0 Å². The van der Waals surface area contributed by atoms with Gasteiger partial charge in [-0.05, 0) is 18.2 Å². The highest BCUT2D eigenvalue weighted by molar-refractivity contribution is 5.79. The Balaban J connectivity index is 2.44. The van der Waals surface area contributed by atoms with Crippen molar-refractivity contribution >= 4 is 16.7 Å². The molecule has 0 aliphatic carbocycles. The number of ether oxygens (including phenoxy) is 1. The highest BCUT2D eigenvalue weighted by Crippen LogP contribution is 2.17. The molecule has 0 bridgehead atoms. The molecule has 1 aromatic carbocycles. The van der Waals surface area contributed by atoms with E-state index in [4.69, 9.17) is 10.5 Å². The summed E-state index contributed by atoms with van der Waals surface area (Å²) >= 11 is 0. The van der Waals surface area contributed by atoms with Crippen molar-refractivity contribution in [1.82, 2.24) is 9.55 Å². The Bertz CT molecular complexity index is 476. The number of nitrogens with zero attached hydrogens (tertiary/aromatic N) is 2. The molecule has 1 aromatic heterocycles. The quantitative estimate of drug-likeness (QED) is 0.769. The first kappa shape index (κ1) is 9.98. The minimum Gasteiger partial charge on any atom is -0.399 e. The van der Waals surface area contributed by atoms with Crippen LogP contribution in [0.3, 0.4) is 0 Å². The number of anilines is 1. The number of methoxy groups -OCH3 is 1. The van der Waals surface area contributed by atoms with Crippen LogP contribution in [-0.2, 0) is 18.2 Å². The van der Waals surface area contributed by atoms with E-state index in [2.05, 4.69) is 9.55 Å². The van der Waals surface area contributed by atoms with Crippen LogP contribution in [0, 0.1) is 0 Å². The summed E-state index contributed by atoms with van der Waals surface area (Å²) in [6.45, 7) is 0.687. The molecule has 0 atom stereocenters. The van der Waals surface area contributed by atoms with Crippen LogP contribution in [0.25, 0.3) is 11.0 Å². The monoisotopic (exact) mass is 205 g/mol. The molecule has 80 valence electrons. The highest BCUT2D eigenvalue weighted by atomic mass is 16.5. The Labute approximate surface area is 88.7 Å². The normalized spacial score (nSPS) is 11.1. The van der Waals surface area contributed by atoms with Gasteiger partial charge in [-0.3, -0.25) is 0 Å². The van der Waals surface area contributed by atoms with Crippen LogP contribution in [0.4, 0.5) is 5.69 Å². The third kappa shape index (κ3) is 1.80. The zero-order valence-corrected chi connectivity index (χ0v) is 9.03. The molecular formula is C11H15N3O. The van der Waals surface area contributed by atoms with Gasteiger partial charge >= 0.3 is 0 Å². The number of hydrogen-bond donors (Lipinski definition) is 1. The fraction of sp³-hybridized carbons (Fsp3) is 0.364. The molecule has 4 heteroatoms. The summed E-state index contributed by atoms with van der Waals surface area (Å²) in [7, 11) is 3.71. The molecule has 2 N–H and O–H groups in total. The van der Waals surface area contributed by atoms with E-state index in [9.17, 15) is 0 Å². The van der Waals surface area contributed by atoms with Crippen LogP contribution < -0.4 is 5.73 Å². The van der Waals surface area contributed by atoms with Crippen molar-refractivity contribution in [2.24, 2.45) is 7.05 Å². The van der Waals surface area contributed by atoms with E-state index in [1.54, 1.807) is 7.11 Å². The van der Waals surface area contributed by atoms with Gasteiger partial charge in [-0.25, -0.2) is 4.98 Å². The largest absolute Gasteiger partial charge is 0.399 e. The van der Waals surface area contributed by atoms with E-state index in [0.717, 1.165) is 29.0 Å². The number of fused-ring (bicyclic) bond motifs is 1. The molecule has 1 heterocycles. The van der Waals surface area contributed by atoms with Gasteiger partial charge in [-0.1, -0.05) is 0 Å². The molecule has 4 nitrogen and oxygen atoms in total. The summed E-state index contributed by atoms with van der Waals surface area (Å²) in [6.07, 6.45) is 0.821. The van der Waals surface area contributed by atoms with Crippen LogP contribution in [0.5, 0.6) is 0 Å². The van der Waals surface area contributed by atoms with Crippen molar-refractivity contribution in [2.75, 3.05) is 19.5 Å². The fourth-order valence-corrected chi connectivity index (χ4v) is 1.68. The standard InChI is InChI=1S/C11H15N3O/c1-14-10-4-3-8(12)7-9(10)13-11(14)5-6-15-2/h3-4,7H,5-6,12H2,1-2H3. The summed E-state index contributed by atoms with van der Waals surface area (Å²) in [4.78, 5) is 4.51.